The quantitative estimate of drug-likeness (QED) is 0.840. The highest BCUT2D eigenvalue weighted by Crippen LogP contribution is 2.48. The fourth-order valence-electron chi connectivity index (χ4n) is 4.39. The third-order valence-corrected chi connectivity index (χ3v) is 5.68. The van der Waals surface area contributed by atoms with Crippen molar-refractivity contribution in [1.29, 1.82) is 0 Å². The summed E-state index contributed by atoms with van der Waals surface area (Å²) in [5.41, 5.74) is 1.03. The van der Waals surface area contributed by atoms with Gasteiger partial charge in [-0.1, -0.05) is 48.6 Å². The van der Waals surface area contributed by atoms with E-state index in [-0.39, 0.29) is 23.8 Å². The van der Waals surface area contributed by atoms with Crippen LogP contribution in [0.1, 0.15) is 24.9 Å². The van der Waals surface area contributed by atoms with Gasteiger partial charge in [-0.3, -0.25) is 9.59 Å². The molecule has 0 heterocycles. The minimum atomic E-state index is -0.865. The molecule has 25 heavy (non-hydrogen) atoms. The highest BCUT2D eigenvalue weighted by molar-refractivity contribution is 5.87. The molecule has 2 aromatic rings. The summed E-state index contributed by atoms with van der Waals surface area (Å²) in [5, 5.41) is 14.8. The number of hydrogen-bond acceptors (Lipinski definition) is 2. The zero-order chi connectivity index (χ0) is 17.6. The number of allylic oxidation sites excluding steroid dienone is 2. The van der Waals surface area contributed by atoms with Crippen LogP contribution in [0.25, 0.3) is 10.8 Å². The molecule has 2 aromatic carbocycles. The van der Waals surface area contributed by atoms with Crippen LogP contribution in [0.3, 0.4) is 0 Å². The number of hydrogen-bond donors (Lipinski definition) is 2. The van der Waals surface area contributed by atoms with Crippen LogP contribution in [-0.2, 0) is 9.59 Å². The van der Waals surface area contributed by atoms with E-state index in [1.807, 2.05) is 43.3 Å². The van der Waals surface area contributed by atoms with E-state index in [1.165, 1.54) is 0 Å². The number of carboxylic acids is 1. The predicted molar refractivity (Wildman–Crippen MR) is 95.9 cm³/mol. The number of rotatable bonds is 4. The molecule has 1 fully saturated rings. The van der Waals surface area contributed by atoms with Crippen molar-refractivity contribution in [3.63, 3.8) is 0 Å². The molecule has 0 radical (unpaired) electrons. The number of fused-ring (bicyclic) bond motifs is 3. The Bertz CT molecular complexity index is 872. The first-order chi connectivity index (χ1) is 12.0. The van der Waals surface area contributed by atoms with Crippen LogP contribution in [0, 0.1) is 23.7 Å². The Morgan fingerprint density at radius 1 is 1.04 bits per heavy atom. The minimum Gasteiger partial charge on any atom is -0.481 e. The summed E-state index contributed by atoms with van der Waals surface area (Å²) in [5.74, 6) is -2.03. The first-order valence-corrected chi connectivity index (χ1v) is 8.75. The maximum atomic E-state index is 12.8. The lowest BCUT2D eigenvalue weighted by Crippen LogP contribution is -2.41. The van der Waals surface area contributed by atoms with Crippen LogP contribution in [-0.4, -0.2) is 17.0 Å². The molecule has 2 N–H and O–H groups in total. The third-order valence-electron chi connectivity index (χ3n) is 5.68. The van der Waals surface area contributed by atoms with Crippen molar-refractivity contribution in [1.82, 2.24) is 5.32 Å². The molecular formula is C21H21NO3. The Morgan fingerprint density at radius 3 is 2.44 bits per heavy atom. The predicted octanol–water partition coefficient (Wildman–Crippen LogP) is 3.54. The van der Waals surface area contributed by atoms with Gasteiger partial charge in [0.15, 0.2) is 0 Å². The lowest BCUT2D eigenvalue weighted by atomic mass is 9.82. The SMILES string of the molecule is CC(NC(=O)C1C2C=CC(C2)C1C(=O)O)c1ccc2ccccc2c1. The zero-order valence-corrected chi connectivity index (χ0v) is 14.1. The molecule has 2 aliphatic rings. The average Bonchev–Trinajstić information content (AvgIpc) is 3.22. The summed E-state index contributed by atoms with van der Waals surface area (Å²) in [6, 6.07) is 14.1. The molecule has 128 valence electrons. The smallest absolute Gasteiger partial charge is 0.307 e. The summed E-state index contributed by atoms with van der Waals surface area (Å²) < 4.78 is 0. The number of nitrogens with one attached hydrogen (secondary N) is 1. The van der Waals surface area contributed by atoms with E-state index in [2.05, 4.69) is 23.5 Å². The second-order valence-electron chi connectivity index (χ2n) is 7.17. The van der Waals surface area contributed by atoms with Gasteiger partial charge in [0.05, 0.1) is 17.9 Å². The Labute approximate surface area is 146 Å². The van der Waals surface area contributed by atoms with Crippen molar-refractivity contribution in [2.24, 2.45) is 23.7 Å². The maximum absolute atomic E-state index is 12.8. The van der Waals surface area contributed by atoms with Gasteiger partial charge in [0.25, 0.3) is 0 Å². The summed E-state index contributed by atoms with van der Waals surface area (Å²) >= 11 is 0. The molecule has 1 amide bonds. The van der Waals surface area contributed by atoms with Crippen LogP contribution in [0.5, 0.6) is 0 Å². The van der Waals surface area contributed by atoms with Crippen molar-refractivity contribution in [2.45, 2.75) is 19.4 Å². The van der Waals surface area contributed by atoms with Crippen LogP contribution >= 0.6 is 0 Å². The van der Waals surface area contributed by atoms with E-state index in [1.54, 1.807) is 0 Å². The summed E-state index contributed by atoms with van der Waals surface area (Å²) in [6.07, 6.45) is 4.74. The van der Waals surface area contributed by atoms with Gasteiger partial charge in [-0.25, -0.2) is 0 Å². The molecular weight excluding hydrogens is 314 g/mol. The van der Waals surface area contributed by atoms with Crippen molar-refractivity contribution in [2.75, 3.05) is 0 Å². The fourth-order valence-corrected chi connectivity index (χ4v) is 4.39. The van der Waals surface area contributed by atoms with Crippen LogP contribution in [0.4, 0.5) is 0 Å². The number of aliphatic carboxylic acids is 1. The van der Waals surface area contributed by atoms with Crippen molar-refractivity contribution < 1.29 is 14.7 Å². The molecule has 0 saturated heterocycles. The molecule has 0 aliphatic heterocycles. The molecule has 4 heteroatoms. The highest BCUT2D eigenvalue weighted by Gasteiger charge is 2.51. The number of benzene rings is 2. The van der Waals surface area contributed by atoms with Gasteiger partial charge in [0.1, 0.15) is 0 Å². The van der Waals surface area contributed by atoms with Gasteiger partial charge in [-0.15, -0.1) is 0 Å². The molecule has 2 aliphatic carbocycles. The van der Waals surface area contributed by atoms with Gasteiger partial charge < -0.3 is 10.4 Å². The number of carbonyl (C=O) groups is 2. The van der Waals surface area contributed by atoms with Crippen molar-refractivity contribution in [3.05, 3.63) is 60.2 Å². The molecule has 4 nitrogen and oxygen atoms in total. The second-order valence-corrected chi connectivity index (χ2v) is 7.17. The lowest BCUT2D eigenvalue weighted by molar-refractivity contribution is -0.148. The van der Waals surface area contributed by atoms with E-state index in [0.29, 0.717) is 0 Å². The zero-order valence-electron chi connectivity index (χ0n) is 14.1. The lowest BCUT2D eigenvalue weighted by Gasteiger charge is -2.26. The van der Waals surface area contributed by atoms with Gasteiger partial charge in [-0.2, -0.15) is 0 Å². The largest absolute Gasteiger partial charge is 0.481 e. The standard InChI is InChI=1S/C21H21NO3/c1-12(14-7-6-13-4-2-3-5-15(13)10-14)22-20(23)18-16-8-9-17(11-16)19(18)21(24)25/h2-10,12,16-19H,11H2,1H3,(H,22,23)(H,24,25). The molecule has 0 spiro atoms. The van der Waals surface area contributed by atoms with Crippen LogP contribution in [0.15, 0.2) is 54.6 Å². The number of carbonyl (C=O) groups excluding carboxylic acids is 1. The normalized spacial score (nSPS) is 28.2. The van der Waals surface area contributed by atoms with E-state index in [4.69, 9.17) is 0 Å². The molecule has 5 unspecified atom stereocenters. The van der Waals surface area contributed by atoms with E-state index in [0.717, 1.165) is 22.8 Å². The highest BCUT2D eigenvalue weighted by atomic mass is 16.4. The third kappa shape index (κ3) is 2.72. The Morgan fingerprint density at radius 2 is 1.72 bits per heavy atom. The molecule has 4 rings (SSSR count). The van der Waals surface area contributed by atoms with E-state index < -0.39 is 17.8 Å². The van der Waals surface area contributed by atoms with Crippen molar-refractivity contribution >= 4 is 22.6 Å². The van der Waals surface area contributed by atoms with Crippen LogP contribution in [0.2, 0.25) is 0 Å². The van der Waals surface area contributed by atoms with Gasteiger partial charge >= 0.3 is 5.97 Å². The monoisotopic (exact) mass is 335 g/mol. The summed E-state index contributed by atoms with van der Waals surface area (Å²) in [7, 11) is 0. The van der Waals surface area contributed by atoms with Gasteiger partial charge in [-0.05, 0) is 47.6 Å². The Hall–Kier alpha value is -2.62. The summed E-state index contributed by atoms with van der Waals surface area (Å²) in [4.78, 5) is 24.4. The topological polar surface area (TPSA) is 66.4 Å². The molecule has 1 saturated carbocycles. The van der Waals surface area contributed by atoms with E-state index >= 15 is 0 Å². The number of amides is 1. The summed E-state index contributed by atoms with van der Waals surface area (Å²) in [6.45, 7) is 1.95. The molecule has 5 atom stereocenters. The Kier molecular flexibility index (Phi) is 3.83. The minimum absolute atomic E-state index is 0.00535. The average molecular weight is 335 g/mol. The first-order valence-electron chi connectivity index (χ1n) is 8.75. The van der Waals surface area contributed by atoms with Crippen LogP contribution < -0.4 is 5.32 Å². The maximum Gasteiger partial charge on any atom is 0.307 e. The van der Waals surface area contributed by atoms with E-state index in [9.17, 15) is 14.7 Å². The van der Waals surface area contributed by atoms with Gasteiger partial charge in [0.2, 0.25) is 5.91 Å². The fraction of sp³-hybridized carbons (Fsp3) is 0.333. The molecule has 2 bridgehead atoms. The van der Waals surface area contributed by atoms with Crippen molar-refractivity contribution in [3.8, 4) is 0 Å². The first kappa shape index (κ1) is 15.9. The second kappa shape index (κ2) is 6.03. The Balaban J connectivity index is 1.53. The molecule has 0 aromatic heterocycles. The number of carboxylic acid groups (broad SMARTS) is 1. The van der Waals surface area contributed by atoms with Gasteiger partial charge in [0, 0.05) is 0 Å².